The van der Waals surface area contributed by atoms with Gasteiger partial charge in [0.25, 0.3) is 0 Å². The van der Waals surface area contributed by atoms with Crippen molar-refractivity contribution in [2.24, 2.45) is 5.92 Å². The molecule has 1 aliphatic heterocycles. The van der Waals surface area contributed by atoms with Crippen LogP contribution in [0, 0.1) is 5.92 Å². The maximum Gasteiger partial charge on any atom is 0.244 e. The Morgan fingerprint density at radius 3 is 2.83 bits per heavy atom. The highest BCUT2D eigenvalue weighted by molar-refractivity contribution is 7.89. The van der Waals surface area contributed by atoms with Crippen LogP contribution in [0.1, 0.15) is 32.1 Å². The molecule has 2 fully saturated rings. The molecular weight excluding hydrogens is 248 g/mol. The van der Waals surface area contributed by atoms with E-state index in [0.29, 0.717) is 17.4 Å². The van der Waals surface area contributed by atoms with Gasteiger partial charge in [0.1, 0.15) is 4.90 Å². The normalized spacial score (nSPS) is 29.1. The third-order valence-corrected chi connectivity index (χ3v) is 6.09. The molecule has 98 valence electrons. The number of nitrogens with zero attached hydrogens (tertiary/aromatic N) is 2. The van der Waals surface area contributed by atoms with E-state index in [-0.39, 0.29) is 6.04 Å². The van der Waals surface area contributed by atoms with E-state index in [9.17, 15) is 8.42 Å². The van der Waals surface area contributed by atoms with Gasteiger partial charge in [-0.1, -0.05) is 6.42 Å². The van der Waals surface area contributed by atoms with Crippen molar-refractivity contribution in [3.05, 3.63) is 24.5 Å². The fourth-order valence-corrected chi connectivity index (χ4v) is 5.06. The van der Waals surface area contributed by atoms with Crippen molar-refractivity contribution in [1.82, 2.24) is 9.29 Å². The number of sulfonamides is 1. The highest BCUT2D eigenvalue weighted by Gasteiger charge is 2.41. The Kier molecular flexibility index (Phi) is 3.11. The molecule has 5 heteroatoms. The standard InChI is InChI=1S/C13H18N2O2S/c16-18(17,12-6-2-8-14-10-12)15-9-3-5-11-4-1-7-13(11)15/h2,6,8,10-11,13H,1,3-5,7,9H2. The van der Waals surface area contributed by atoms with Crippen LogP contribution < -0.4 is 0 Å². The van der Waals surface area contributed by atoms with Gasteiger partial charge in [-0.15, -0.1) is 0 Å². The molecule has 1 aromatic heterocycles. The van der Waals surface area contributed by atoms with Gasteiger partial charge in [0.15, 0.2) is 0 Å². The molecular formula is C13H18N2O2S. The molecule has 2 heterocycles. The van der Waals surface area contributed by atoms with Gasteiger partial charge < -0.3 is 0 Å². The maximum absolute atomic E-state index is 12.6. The van der Waals surface area contributed by atoms with Gasteiger partial charge in [-0.25, -0.2) is 8.42 Å². The van der Waals surface area contributed by atoms with E-state index in [4.69, 9.17) is 0 Å². The lowest BCUT2D eigenvalue weighted by Crippen LogP contribution is -2.46. The summed E-state index contributed by atoms with van der Waals surface area (Å²) < 4.78 is 27.0. The van der Waals surface area contributed by atoms with E-state index in [0.717, 1.165) is 19.3 Å². The average Bonchev–Trinajstić information content (AvgIpc) is 2.87. The zero-order valence-electron chi connectivity index (χ0n) is 10.3. The van der Waals surface area contributed by atoms with Crippen LogP contribution in [0.15, 0.2) is 29.4 Å². The van der Waals surface area contributed by atoms with Crippen molar-refractivity contribution in [3.63, 3.8) is 0 Å². The van der Waals surface area contributed by atoms with E-state index < -0.39 is 10.0 Å². The van der Waals surface area contributed by atoms with Gasteiger partial charge in [-0.2, -0.15) is 4.31 Å². The largest absolute Gasteiger partial charge is 0.263 e. The molecule has 2 aliphatic rings. The molecule has 2 atom stereocenters. The van der Waals surface area contributed by atoms with Crippen LogP contribution in [0.3, 0.4) is 0 Å². The molecule has 18 heavy (non-hydrogen) atoms. The van der Waals surface area contributed by atoms with E-state index in [1.165, 1.54) is 19.0 Å². The molecule has 3 rings (SSSR count). The van der Waals surface area contributed by atoms with Gasteiger partial charge in [-0.05, 0) is 43.7 Å². The van der Waals surface area contributed by atoms with Gasteiger partial charge in [0.05, 0.1) is 0 Å². The van der Waals surface area contributed by atoms with Crippen molar-refractivity contribution in [1.29, 1.82) is 0 Å². The van der Waals surface area contributed by atoms with Gasteiger partial charge >= 0.3 is 0 Å². The fourth-order valence-electron chi connectivity index (χ4n) is 3.34. The van der Waals surface area contributed by atoms with E-state index >= 15 is 0 Å². The van der Waals surface area contributed by atoms with Crippen molar-refractivity contribution in [2.75, 3.05) is 6.54 Å². The Morgan fingerprint density at radius 1 is 1.22 bits per heavy atom. The van der Waals surface area contributed by atoms with Crippen LogP contribution >= 0.6 is 0 Å². The molecule has 1 saturated carbocycles. The average molecular weight is 266 g/mol. The molecule has 0 spiro atoms. The summed E-state index contributed by atoms with van der Waals surface area (Å²) in [6.07, 6.45) is 8.59. The van der Waals surface area contributed by atoms with E-state index in [1.54, 1.807) is 22.6 Å². The summed E-state index contributed by atoms with van der Waals surface area (Å²) in [4.78, 5) is 4.26. The first-order valence-electron chi connectivity index (χ1n) is 6.61. The molecule has 0 bridgehead atoms. The summed E-state index contributed by atoms with van der Waals surface area (Å²) in [5.74, 6) is 0.574. The molecule has 0 N–H and O–H groups in total. The topological polar surface area (TPSA) is 50.3 Å². The smallest absolute Gasteiger partial charge is 0.244 e. The second-order valence-electron chi connectivity index (χ2n) is 5.21. The Morgan fingerprint density at radius 2 is 2.06 bits per heavy atom. The summed E-state index contributed by atoms with van der Waals surface area (Å²) in [5.41, 5.74) is 0. The first kappa shape index (κ1) is 12.1. The lowest BCUT2D eigenvalue weighted by Gasteiger charge is -2.36. The third-order valence-electron chi connectivity index (χ3n) is 4.18. The summed E-state index contributed by atoms with van der Waals surface area (Å²) in [6.45, 7) is 0.665. The molecule has 0 amide bonds. The summed E-state index contributed by atoms with van der Waals surface area (Å²) in [7, 11) is -3.35. The first-order valence-corrected chi connectivity index (χ1v) is 8.05. The molecule has 1 aromatic rings. The zero-order chi connectivity index (χ0) is 12.6. The molecule has 0 aromatic carbocycles. The number of hydrogen-bond acceptors (Lipinski definition) is 3. The minimum absolute atomic E-state index is 0.226. The van der Waals surface area contributed by atoms with Crippen LogP contribution in [0.5, 0.6) is 0 Å². The fraction of sp³-hybridized carbons (Fsp3) is 0.615. The summed E-state index contributed by atoms with van der Waals surface area (Å²) in [6, 6.07) is 3.55. The van der Waals surface area contributed by atoms with Crippen molar-refractivity contribution >= 4 is 10.0 Å². The minimum atomic E-state index is -3.35. The summed E-state index contributed by atoms with van der Waals surface area (Å²) in [5, 5.41) is 0. The number of pyridine rings is 1. The molecule has 1 saturated heterocycles. The molecule has 2 unspecified atom stereocenters. The molecule has 4 nitrogen and oxygen atoms in total. The SMILES string of the molecule is O=S(=O)(c1cccnc1)N1CCCC2CCCC21. The second kappa shape index (κ2) is 4.63. The summed E-state index contributed by atoms with van der Waals surface area (Å²) >= 11 is 0. The molecule has 1 aliphatic carbocycles. The number of fused-ring (bicyclic) bond motifs is 1. The minimum Gasteiger partial charge on any atom is -0.263 e. The van der Waals surface area contributed by atoms with Gasteiger partial charge in [0.2, 0.25) is 10.0 Å². The first-order chi connectivity index (χ1) is 8.69. The van der Waals surface area contributed by atoms with Crippen molar-refractivity contribution < 1.29 is 8.42 Å². The van der Waals surface area contributed by atoms with Crippen molar-refractivity contribution in [2.45, 2.75) is 43.0 Å². The van der Waals surface area contributed by atoms with Gasteiger partial charge in [-0.3, -0.25) is 4.98 Å². The maximum atomic E-state index is 12.6. The highest BCUT2D eigenvalue weighted by Crippen LogP contribution is 2.39. The Hall–Kier alpha value is -0.940. The highest BCUT2D eigenvalue weighted by atomic mass is 32.2. The van der Waals surface area contributed by atoms with E-state index in [1.807, 2.05) is 0 Å². The zero-order valence-corrected chi connectivity index (χ0v) is 11.1. The number of hydrogen-bond donors (Lipinski definition) is 0. The van der Waals surface area contributed by atoms with Crippen LogP contribution in [0.2, 0.25) is 0 Å². The monoisotopic (exact) mass is 266 g/mol. The van der Waals surface area contributed by atoms with Gasteiger partial charge in [0, 0.05) is 25.0 Å². The van der Waals surface area contributed by atoms with E-state index in [2.05, 4.69) is 4.98 Å². The van der Waals surface area contributed by atoms with Crippen LogP contribution in [0.4, 0.5) is 0 Å². The number of rotatable bonds is 2. The number of aromatic nitrogens is 1. The molecule has 0 radical (unpaired) electrons. The Balaban J connectivity index is 1.94. The Bertz CT molecular complexity index is 515. The number of piperidine rings is 1. The lowest BCUT2D eigenvalue weighted by atomic mass is 9.94. The Labute approximate surface area is 108 Å². The predicted octanol–water partition coefficient (Wildman–Crippen LogP) is 2.03. The van der Waals surface area contributed by atoms with Crippen LogP contribution in [0.25, 0.3) is 0 Å². The third kappa shape index (κ3) is 1.95. The predicted molar refractivity (Wildman–Crippen MR) is 68.5 cm³/mol. The second-order valence-corrected chi connectivity index (χ2v) is 7.10. The quantitative estimate of drug-likeness (QED) is 0.823. The van der Waals surface area contributed by atoms with Crippen LogP contribution in [-0.4, -0.2) is 30.3 Å². The van der Waals surface area contributed by atoms with Crippen LogP contribution in [-0.2, 0) is 10.0 Å². The lowest BCUT2D eigenvalue weighted by molar-refractivity contribution is 0.202. The van der Waals surface area contributed by atoms with Crippen molar-refractivity contribution in [3.8, 4) is 0 Å².